The van der Waals surface area contributed by atoms with Crippen molar-refractivity contribution >= 4 is 17.8 Å². The average molecular weight is 469 g/mol. The number of likely N-dealkylation sites (N-methyl/N-ethyl adjacent to an activating group) is 1. The number of piperidine rings is 1. The van der Waals surface area contributed by atoms with Gasteiger partial charge in [0.25, 0.3) is 5.91 Å². The summed E-state index contributed by atoms with van der Waals surface area (Å²) in [5.41, 5.74) is -1.06. The minimum absolute atomic E-state index is 0.160. The Hall–Kier alpha value is -2.91. The molecular weight excluding hydrogens is 434 g/mol. The van der Waals surface area contributed by atoms with Crippen LogP contribution in [0.3, 0.4) is 0 Å². The highest BCUT2D eigenvalue weighted by atomic mass is 16.6. The van der Waals surface area contributed by atoms with Crippen LogP contribution in [0.1, 0.15) is 50.5 Å². The van der Waals surface area contributed by atoms with Crippen molar-refractivity contribution in [3.05, 3.63) is 48.5 Å². The van der Waals surface area contributed by atoms with Crippen molar-refractivity contribution in [2.75, 3.05) is 32.0 Å². The fourth-order valence-electron chi connectivity index (χ4n) is 5.40. The van der Waals surface area contributed by atoms with E-state index in [9.17, 15) is 14.7 Å². The normalized spacial score (nSPS) is 25.2. The van der Waals surface area contributed by atoms with Gasteiger partial charge in [0.15, 0.2) is 18.2 Å². The highest BCUT2D eigenvalue weighted by molar-refractivity contribution is 5.89. The van der Waals surface area contributed by atoms with Crippen LogP contribution in [0.25, 0.3) is 0 Å². The first-order valence-electron chi connectivity index (χ1n) is 12.1. The summed E-state index contributed by atoms with van der Waals surface area (Å²) in [7, 11) is 1.98. The number of anilines is 1. The number of aromatic nitrogens is 3. The average Bonchev–Trinajstić information content (AvgIpc) is 2.85. The first kappa shape index (κ1) is 24.2. The molecule has 1 aliphatic carbocycles. The molecule has 2 fully saturated rings. The number of carbonyl (C=O) groups excluding carboxylic acids is 2. The standard InChI is InChI=1S/C25H33N5O4/c1-30(16-22(31)29-24-27-17-26-18-28-24)14-8-13-21(15-30)34-23(32)25(33,19-9-4-2-5-10-19)20-11-6-3-7-12-20/h2,4-5,9-10,17-18,20-21,33H,3,6-8,11-16H2,1H3/p+1/t21?,25?,30-/m1/s1. The molecule has 2 aromatic rings. The highest BCUT2D eigenvalue weighted by Crippen LogP contribution is 2.41. The van der Waals surface area contributed by atoms with Crippen molar-refractivity contribution in [3.8, 4) is 0 Å². The summed E-state index contributed by atoms with van der Waals surface area (Å²) < 4.78 is 6.42. The molecule has 1 aliphatic heterocycles. The van der Waals surface area contributed by atoms with Crippen LogP contribution in [0.15, 0.2) is 43.0 Å². The number of nitrogens with zero attached hydrogens (tertiary/aromatic N) is 4. The van der Waals surface area contributed by atoms with E-state index in [0.717, 1.165) is 45.1 Å². The molecule has 2 heterocycles. The number of nitrogens with one attached hydrogen (secondary N) is 1. The maximum atomic E-state index is 13.5. The van der Waals surface area contributed by atoms with E-state index in [1.54, 1.807) is 0 Å². The summed E-state index contributed by atoms with van der Waals surface area (Å²) >= 11 is 0. The fraction of sp³-hybridized carbons (Fsp3) is 0.560. The van der Waals surface area contributed by atoms with E-state index in [0.29, 0.717) is 23.0 Å². The van der Waals surface area contributed by atoms with Crippen LogP contribution in [-0.2, 0) is 19.9 Å². The number of quaternary nitrogens is 1. The minimum atomic E-state index is -1.65. The van der Waals surface area contributed by atoms with Crippen LogP contribution in [0, 0.1) is 5.92 Å². The number of hydrogen-bond donors (Lipinski definition) is 2. The van der Waals surface area contributed by atoms with Crippen molar-refractivity contribution in [1.82, 2.24) is 15.0 Å². The second-order valence-electron chi connectivity index (χ2n) is 9.83. The third-order valence-electron chi connectivity index (χ3n) is 7.13. The molecule has 1 amide bonds. The molecule has 3 atom stereocenters. The predicted octanol–water partition coefficient (Wildman–Crippen LogP) is 2.43. The number of ether oxygens (including phenoxy) is 1. The number of esters is 1. The Kier molecular flexibility index (Phi) is 7.53. The van der Waals surface area contributed by atoms with Gasteiger partial charge < -0.3 is 14.3 Å². The van der Waals surface area contributed by atoms with Gasteiger partial charge in [-0.2, -0.15) is 0 Å². The second kappa shape index (κ2) is 10.6. The van der Waals surface area contributed by atoms with Gasteiger partial charge in [-0.05, 0) is 24.8 Å². The third-order valence-corrected chi connectivity index (χ3v) is 7.13. The van der Waals surface area contributed by atoms with Gasteiger partial charge >= 0.3 is 5.97 Å². The molecule has 9 heteroatoms. The Morgan fingerprint density at radius 3 is 2.50 bits per heavy atom. The molecule has 2 N–H and O–H groups in total. The lowest BCUT2D eigenvalue weighted by atomic mass is 9.73. The van der Waals surface area contributed by atoms with Crippen molar-refractivity contribution in [3.63, 3.8) is 0 Å². The van der Waals surface area contributed by atoms with Crippen molar-refractivity contribution < 1.29 is 23.9 Å². The number of carbonyl (C=O) groups is 2. The molecule has 2 aliphatic rings. The Morgan fingerprint density at radius 2 is 1.79 bits per heavy atom. The third kappa shape index (κ3) is 5.59. The minimum Gasteiger partial charge on any atom is -0.454 e. The van der Waals surface area contributed by atoms with Crippen LogP contribution in [0.4, 0.5) is 5.95 Å². The summed E-state index contributed by atoms with van der Waals surface area (Å²) in [6, 6.07) is 9.18. The van der Waals surface area contributed by atoms with Gasteiger partial charge in [0, 0.05) is 12.3 Å². The van der Waals surface area contributed by atoms with E-state index >= 15 is 0 Å². The summed E-state index contributed by atoms with van der Waals surface area (Å²) in [4.78, 5) is 37.7. The number of rotatable bonds is 7. The lowest BCUT2D eigenvalue weighted by molar-refractivity contribution is -0.909. The molecule has 0 spiro atoms. The molecule has 0 radical (unpaired) electrons. The highest BCUT2D eigenvalue weighted by Gasteiger charge is 2.48. The smallest absolute Gasteiger partial charge is 0.343 e. The molecule has 1 saturated carbocycles. The molecule has 9 nitrogen and oxygen atoms in total. The molecule has 1 saturated heterocycles. The van der Waals surface area contributed by atoms with E-state index in [-0.39, 0.29) is 30.4 Å². The lowest BCUT2D eigenvalue weighted by Gasteiger charge is -2.42. The monoisotopic (exact) mass is 468 g/mol. The molecule has 0 bridgehead atoms. The maximum Gasteiger partial charge on any atom is 0.343 e. The number of hydrogen-bond acceptors (Lipinski definition) is 7. The van der Waals surface area contributed by atoms with Crippen LogP contribution >= 0.6 is 0 Å². The van der Waals surface area contributed by atoms with Gasteiger partial charge in [-0.3, -0.25) is 10.1 Å². The van der Waals surface area contributed by atoms with E-state index in [1.165, 1.54) is 12.7 Å². The van der Waals surface area contributed by atoms with Crippen LogP contribution in [0.2, 0.25) is 0 Å². The Bertz CT molecular complexity index is 970. The van der Waals surface area contributed by atoms with Crippen LogP contribution < -0.4 is 5.32 Å². The molecular formula is C25H34N5O4+. The van der Waals surface area contributed by atoms with Crippen LogP contribution in [-0.4, -0.2) is 69.2 Å². The maximum absolute atomic E-state index is 13.5. The van der Waals surface area contributed by atoms with Gasteiger partial charge in [-0.25, -0.2) is 19.7 Å². The predicted molar refractivity (Wildman–Crippen MR) is 125 cm³/mol. The largest absolute Gasteiger partial charge is 0.454 e. The number of likely N-dealkylation sites (tertiary alicyclic amines) is 1. The molecule has 4 rings (SSSR count). The van der Waals surface area contributed by atoms with Gasteiger partial charge in [0.05, 0.1) is 13.6 Å². The number of aliphatic hydroxyl groups is 1. The zero-order chi connectivity index (χ0) is 24.0. The Balaban J connectivity index is 1.44. The van der Waals surface area contributed by atoms with Crippen molar-refractivity contribution in [1.29, 1.82) is 0 Å². The molecule has 1 aromatic carbocycles. The van der Waals surface area contributed by atoms with Gasteiger partial charge in [-0.1, -0.05) is 49.6 Å². The van der Waals surface area contributed by atoms with E-state index in [2.05, 4.69) is 20.3 Å². The molecule has 182 valence electrons. The van der Waals surface area contributed by atoms with Crippen molar-refractivity contribution in [2.45, 2.75) is 56.7 Å². The summed E-state index contributed by atoms with van der Waals surface area (Å²) in [5.74, 6) is -0.721. The zero-order valence-electron chi connectivity index (χ0n) is 19.7. The lowest BCUT2D eigenvalue weighted by Crippen LogP contribution is -2.57. The molecule has 2 unspecified atom stereocenters. The first-order valence-corrected chi connectivity index (χ1v) is 12.1. The summed E-state index contributed by atoms with van der Waals surface area (Å²) in [6.45, 7) is 1.52. The van der Waals surface area contributed by atoms with Gasteiger partial charge in [-0.15, -0.1) is 0 Å². The Morgan fingerprint density at radius 1 is 1.09 bits per heavy atom. The van der Waals surface area contributed by atoms with Crippen molar-refractivity contribution in [2.24, 2.45) is 5.92 Å². The molecule has 1 aromatic heterocycles. The Labute approximate surface area is 200 Å². The van der Waals surface area contributed by atoms with E-state index in [1.807, 2.05) is 37.4 Å². The first-order chi connectivity index (χ1) is 16.4. The van der Waals surface area contributed by atoms with Gasteiger partial charge in [0.1, 0.15) is 19.2 Å². The van der Waals surface area contributed by atoms with E-state index in [4.69, 9.17) is 4.74 Å². The number of amides is 1. The van der Waals surface area contributed by atoms with E-state index < -0.39 is 11.6 Å². The number of benzene rings is 1. The molecule has 34 heavy (non-hydrogen) atoms. The topological polar surface area (TPSA) is 114 Å². The second-order valence-corrected chi connectivity index (χ2v) is 9.83. The summed E-state index contributed by atoms with van der Waals surface area (Å²) in [6.07, 6.45) is 8.56. The quantitative estimate of drug-likeness (QED) is 0.474. The fourth-order valence-corrected chi connectivity index (χ4v) is 5.40. The zero-order valence-corrected chi connectivity index (χ0v) is 19.7. The SMILES string of the molecule is C[N@@+]1(CC(=O)Nc2ncncn2)CCCC(OC(=O)C(O)(c2ccccc2)C2CCCCC2)C1. The van der Waals surface area contributed by atoms with Gasteiger partial charge in [0.2, 0.25) is 5.95 Å². The summed E-state index contributed by atoms with van der Waals surface area (Å²) in [5, 5.41) is 14.5. The van der Waals surface area contributed by atoms with Crippen LogP contribution in [0.5, 0.6) is 0 Å².